The Morgan fingerprint density at radius 3 is 2.07 bits per heavy atom. The smallest absolute Gasteiger partial charge is 0.311 e. The molecule has 0 aromatic rings. The van der Waals surface area contributed by atoms with Gasteiger partial charge >= 0.3 is 11.9 Å². The average Bonchev–Trinajstić information content (AvgIpc) is 2.67. The van der Waals surface area contributed by atoms with E-state index >= 15 is 0 Å². The van der Waals surface area contributed by atoms with E-state index in [0.29, 0.717) is 6.42 Å². The van der Waals surface area contributed by atoms with E-state index in [1.807, 2.05) is 41.5 Å². The van der Waals surface area contributed by atoms with Gasteiger partial charge in [0, 0.05) is 12.8 Å². The van der Waals surface area contributed by atoms with Gasteiger partial charge in [0.05, 0.1) is 24.0 Å². The lowest BCUT2D eigenvalue weighted by atomic mass is 9.78. The number of hydrogen-bond donors (Lipinski definition) is 0. The van der Waals surface area contributed by atoms with Crippen LogP contribution in [0.15, 0.2) is 0 Å². The Balaban J connectivity index is 0. The van der Waals surface area contributed by atoms with Crippen LogP contribution in [-0.2, 0) is 19.1 Å². The summed E-state index contributed by atoms with van der Waals surface area (Å²) in [6.45, 7) is 17.5. The molecule has 0 N–H and O–H groups in total. The topological polar surface area (TPSA) is 76.4 Å². The first-order chi connectivity index (χ1) is 13.1. The SMILES string of the molecule is CC.CC(=O)OC1CCCC(C#N)C1COC(=O)C(C)(C)C(C)C.CCCC. The van der Waals surface area contributed by atoms with Gasteiger partial charge in [-0.05, 0) is 39.0 Å². The van der Waals surface area contributed by atoms with Crippen molar-refractivity contribution in [3.63, 3.8) is 0 Å². The molecule has 5 nitrogen and oxygen atoms in total. The Labute approximate surface area is 173 Å². The summed E-state index contributed by atoms with van der Waals surface area (Å²) in [5.41, 5.74) is -0.576. The lowest BCUT2D eigenvalue weighted by molar-refractivity contribution is -0.164. The summed E-state index contributed by atoms with van der Waals surface area (Å²) in [5.74, 6) is -0.959. The minimum Gasteiger partial charge on any atom is -0.465 e. The highest BCUT2D eigenvalue weighted by Crippen LogP contribution is 2.34. The van der Waals surface area contributed by atoms with Gasteiger partial charge in [-0.1, -0.05) is 54.4 Å². The summed E-state index contributed by atoms with van der Waals surface area (Å²) >= 11 is 0. The van der Waals surface area contributed by atoms with Crippen molar-refractivity contribution in [3.05, 3.63) is 0 Å². The first-order valence-corrected chi connectivity index (χ1v) is 10.9. The first kappa shape index (κ1) is 28.6. The van der Waals surface area contributed by atoms with Crippen molar-refractivity contribution in [3.8, 4) is 6.07 Å². The molecule has 0 spiro atoms. The third kappa shape index (κ3) is 10.1. The second kappa shape index (κ2) is 15.4. The lowest BCUT2D eigenvalue weighted by Gasteiger charge is -2.35. The fraction of sp³-hybridized carbons (Fsp3) is 0.870. The Kier molecular flexibility index (Phi) is 15.7. The molecule has 28 heavy (non-hydrogen) atoms. The predicted molar refractivity (Wildman–Crippen MR) is 114 cm³/mol. The summed E-state index contributed by atoms with van der Waals surface area (Å²) in [5, 5.41) is 9.30. The van der Waals surface area contributed by atoms with Gasteiger partial charge in [-0.3, -0.25) is 9.59 Å². The summed E-state index contributed by atoms with van der Waals surface area (Å²) in [4.78, 5) is 23.5. The van der Waals surface area contributed by atoms with E-state index < -0.39 is 5.41 Å². The van der Waals surface area contributed by atoms with Crippen LogP contribution < -0.4 is 0 Å². The number of hydrogen-bond acceptors (Lipinski definition) is 5. The minimum absolute atomic E-state index is 0.130. The normalized spacial score (nSPS) is 21.2. The van der Waals surface area contributed by atoms with Crippen molar-refractivity contribution in [2.75, 3.05) is 6.61 Å². The molecule has 3 unspecified atom stereocenters. The molecule has 1 aliphatic carbocycles. The van der Waals surface area contributed by atoms with Crippen LogP contribution in [-0.4, -0.2) is 24.6 Å². The molecule has 1 saturated carbocycles. The summed E-state index contributed by atoms with van der Waals surface area (Å²) in [6.07, 6.45) is 4.61. The molecule has 3 atom stereocenters. The Bertz CT molecular complexity index is 477. The van der Waals surface area contributed by atoms with Gasteiger partial charge < -0.3 is 9.47 Å². The second-order valence-electron chi connectivity index (χ2n) is 7.95. The predicted octanol–water partition coefficient (Wildman–Crippen LogP) is 5.92. The number of rotatable bonds is 6. The molecule has 0 aromatic carbocycles. The molecule has 164 valence electrons. The van der Waals surface area contributed by atoms with Gasteiger partial charge in [0.25, 0.3) is 0 Å². The molecule has 0 aliphatic heterocycles. The summed E-state index contributed by atoms with van der Waals surface area (Å²) in [7, 11) is 0. The molecule has 0 amide bonds. The second-order valence-corrected chi connectivity index (χ2v) is 7.95. The van der Waals surface area contributed by atoms with Crippen molar-refractivity contribution in [1.29, 1.82) is 5.26 Å². The lowest BCUT2D eigenvalue weighted by Crippen LogP contribution is -2.40. The molecule has 0 aromatic heterocycles. The molecule has 0 radical (unpaired) electrons. The maximum Gasteiger partial charge on any atom is 0.311 e. The molecule has 1 fully saturated rings. The van der Waals surface area contributed by atoms with Crippen LogP contribution in [0.4, 0.5) is 0 Å². The molecule has 1 rings (SSSR count). The van der Waals surface area contributed by atoms with E-state index in [4.69, 9.17) is 9.47 Å². The highest BCUT2D eigenvalue weighted by molar-refractivity contribution is 5.76. The van der Waals surface area contributed by atoms with E-state index in [1.165, 1.54) is 19.8 Å². The van der Waals surface area contributed by atoms with Gasteiger partial charge in [-0.2, -0.15) is 5.26 Å². The molecule has 0 saturated heterocycles. The zero-order valence-corrected chi connectivity index (χ0v) is 19.6. The van der Waals surface area contributed by atoms with Gasteiger partial charge in [-0.25, -0.2) is 0 Å². The van der Waals surface area contributed by atoms with Gasteiger partial charge in [0.2, 0.25) is 0 Å². The van der Waals surface area contributed by atoms with Crippen LogP contribution in [0, 0.1) is 34.5 Å². The maximum absolute atomic E-state index is 12.3. The molecule has 0 bridgehead atoms. The van der Waals surface area contributed by atoms with Gasteiger partial charge in [0.1, 0.15) is 6.10 Å². The number of nitrogens with zero attached hydrogens (tertiary/aromatic N) is 1. The fourth-order valence-electron chi connectivity index (χ4n) is 2.56. The molecule has 1 aliphatic rings. The van der Waals surface area contributed by atoms with Gasteiger partial charge in [-0.15, -0.1) is 0 Å². The fourth-order valence-corrected chi connectivity index (χ4v) is 2.56. The quantitative estimate of drug-likeness (QED) is 0.520. The van der Waals surface area contributed by atoms with Crippen LogP contribution in [0.2, 0.25) is 0 Å². The van der Waals surface area contributed by atoms with E-state index in [0.717, 1.165) is 12.8 Å². The van der Waals surface area contributed by atoms with Crippen LogP contribution in [0.3, 0.4) is 0 Å². The largest absolute Gasteiger partial charge is 0.465 e. The third-order valence-electron chi connectivity index (χ3n) is 5.36. The van der Waals surface area contributed by atoms with Crippen molar-refractivity contribution < 1.29 is 19.1 Å². The average molecular weight is 398 g/mol. The Hall–Kier alpha value is -1.57. The van der Waals surface area contributed by atoms with E-state index in [9.17, 15) is 14.9 Å². The number of carbonyl (C=O) groups excluding carboxylic acids is 2. The van der Waals surface area contributed by atoms with E-state index in [2.05, 4.69) is 19.9 Å². The summed E-state index contributed by atoms with van der Waals surface area (Å²) in [6, 6.07) is 2.26. The van der Waals surface area contributed by atoms with Crippen LogP contribution in [0.25, 0.3) is 0 Å². The molecular weight excluding hydrogens is 354 g/mol. The van der Waals surface area contributed by atoms with Crippen molar-refractivity contribution in [2.24, 2.45) is 23.2 Å². The molecule has 0 heterocycles. The van der Waals surface area contributed by atoms with Crippen LogP contribution in [0.1, 0.15) is 94.4 Å². The number of esters is 2. The molecule has 5 heteroatoms. The maximum atomic E-state index is 12.3. The zero-order chi connectivity index (χ0) is 22.3. The standard InChI is InChI=1S/C17H27NO4.C4H10.C2H6/c1-11(2)17(4,5)16(20)21-10-14-13(9-18)7-6-8-15(14)22-12(3)19;1-3-4-2;1-2/h11,13-15H,6-8,10H2,1-5H3;3-4H2,1-2H3;1-2H3. The van der Waals surface area contributed by atoms with Crippen molar-refractivity contribution >= 4 is 11.9 Å². The van der Waals surface area contributed by atoms with E-state index in [-0.39, 0.29) is 42.4 Å². The third-order valence-corrected chi connectivity index (χ3v) is 5.36. The number of ether oxygens (including phenoxy) is 2. The van der Waals surface area contributed by atoms with Gasteiger partial charge in [0.15, 0.2) is 0 Å². The number of unbranched alkanes of at least 4 members (excludes halogenated alkanes) is 1. The highest BCUT2D eigenvalue weighted by atomic mass is 16.6. The number of carbonyl (C=O) groups is 2. The van der Waals surface area contributed by atoms with E-state index in [1.54, 1.807) is 0 Å². The monoisotopic (exact) mass is 397 g/mol. The Morgan fingerprint density at radius 2 is 1.68 bits per heavy atom. The first-order valence-electron chi connectivity index (χ1n) is 10.9. The zero-order valence-electron chi connectivity index (χ0n) is 19.6. The highest BCUT2D eigenvalue weighted by Gasteiger charge is 2.39. The van der Waals surface area contributed by atoms with Crippen molar-refractivity contribution in [1.82, 2.24) is 0 Å². The minimum atomic E-state index is -0.576. The van der Waals surface area contributed by atoms with Crippen LogP contribution >= 0.6 is 0 Å². The molecular formula is C23H43NO4. The summed E-state index contributed by atoms with van der Waals surface area (Å²) < 4.78 is 10.8. The number of nitriles is 1. The van der Waals surface area contributed by atoms with Crippen LogP contribution in [0.5, 0.6) is 0 Å². The van der Waals surface area contributed by atoms with Crippen molar-refractivity contribution in [2.45, 2.75) is 101 Å². The Morgan fingerprint density at radius 1 is 1.14 bits per heavy atom.